The predicted molar refractivity (Wildman–Crippen MR) is 88.2 cm³/mol. The number of anilines is 1. The van der Waals surface area contributed by atoms with Crippen LogP contribution in [-0.2, 0) is 16.1 Å². The van der Waals surface area contributed by atoms with Crippen LogP contribution in [0.15, 0.2) is 30.3 Å². The lowest BCUT2D eigenvalue weighted by Gasteiger charge is -2.03. The van der Waals surface area contributed by atoms with Crippen molar-refractivity contribution in [3.05, 3.63) is 30.3 Å². The lowest BCUT2D eigenvalue weighted by molar-refractivity contribution is -0.305. The second-order valence-corrected chi connectivity index (χ2v) is 5.49. The van der Waals surface area contributed by atoms with Gasteiger partial charge in [0.15, 0.2) is 11.5 Å². The van der Waals surface area contributed by atoms with Crippen LogP contribution >= 0.6 is 0 Å². The molecule has 0 unspecified atom stereocenters. The molecule has 0 saturated carbocycles. The largest absolute Gasteiger partial charge is 0.550 e. The number of aliphatic carboxylic acids is 1. The summed E-state index contributed by atoms with van der Waals surface area (Å²) in [6.07, 6.45) is 0.209. The normalized spacial score (nSPS) is 11.0. The van der Waals surface area contributed by atoms with E-state index in [9.17, 15) is 14.7 Å². The van der Waals surface area contributed by atoms with Crippen molar-refractivity contribution in [2.24, 2.45) is 0 Å². The third kappa shape index (κ3) is 3.19. The number of amides is 1. The molecule has 7 heteroatoms. The van der Waals surface area contributed by atoms with E-state index < -0.39 is 5.97 Å². The van der Waals surface area contributed by atoms with Gasteiger partial charge in [-0.15, -0.1) is 0 Å². The minimum Gasteiger partial charge on any atom is -0.550 e. The average Bonchev–Trinajstić information content (AvgIpc) is 2.89. The van der Waals surface area contributed by atoms with Crippen molar-refractivity contribution in [2.45, 2.75) is 32.7 Å². The molecule has 1 amide bonds. The minimum absolute atomic E-state index is 0.107. The second-order valence-electron chi connectivity index (χ2n) is 5.49. The number of hydrogen-bond acceptors (Lipinski definition) is 5. The number of nitrogens with zero attached hydrogens (tertiary/aromatic N) is 3. The van der Waals surface area contributed by atoms with Crippen molar-refractivity contribution < 1.29 is 14.7 Å². The van der Waals surface area contributed by atoms with Crippen LogP contribution in [-0.4, -0.2) is 26.6 Å². The van der Waals surface area contributed by atoms with Gasteiger partial charge in [0.1, 0.15) is 0 Å². The summed E-state index contributed by atoms with van der Waals surface area (Å²) in [5, 5.41) is 19.3. The van der Waals surface area contributed by atoms with Gasteiger partial charge in [-0.05, 0) is 31.9 Å². The molecule has 124 valence electrons. The number of pyridine rings is 1. The van der Waals surface area contributed by atoms with E-state index in [1.165, 1.54) is 0 Å². The first-order valence-corrected chi connectivity index (χ1v) is 7.84. The molecule has 0 spiro atoms. The zero-order valence-electron chi connectivity index (χ0n) is 13.3. The highest BCUT2D eigenvalue weighted by Gasteiger charge is 2.14. The van der Waals surface area contributed by atoms with E-state index in [0.29, 0.717) is 18.0 Å². The Labute approximate surface area is 138 Å². The van der Waals surface area contributed by atoms with E-state index in [0.717, 1.165) is 16.3 Å². The molecule has 0 aliphatic carbocycles. The molecule has 2 aromatic heterocycles. The molecule has 2 heterocycles. The van der Waals surface area contributed by atoms with Crippen molar-refractivity contribution in [1.82, 2.24) is 14.8 Å². The van der Waals surface area contributed by atoms with Crippen LogP contribution in [0.2, 0.25) is 0 Å². The maximum absolute atomic E-state index is 12.0. The third-order valence-corrected chi connectivity index (χ3v) is 3.77. The number of carboxylic acids is 1. The molecular weight excluding hydrogens is 308 g/mol. The van der Waals surface area contributed by atoms with E-state index >= 15 is 0 Å². The quantitative estimate of drug-likeness (QED) is 0.739. The standard InChI is InChI=1S/C17H18N4O3/c1-2-21-17-12(10-11-6-3-4-7-13(11)18-17)16(20-21)19-14(22)8-5-9-15(23)24/h3-4,6-7,10H,2,5,8-9H2,1H3,(H,23,24)(H,19,20,22)/p-1. The summed E-state index contributed by atoms with van der Waals surface area (Å²) >= 11 is 0. The molecule has 3 aromatic rings. The molecule has 24 heavy (non-hydrogen) atoms. The molecule has 1 aromatic carbocycles. The van der Waals surface area contributed by atoms with E-state index in [-0.39, 0.29) is 25.2 Å². The number of carbonyl (C=O) groups is 2. The number of hydrogen-bond donors (Lipinski definition) is 1. The summed E-state index contributed by atoms with van der Waals surface area (Å²) < 4.78 is 1.73. The fourth-order valence-corrected chi connectivity index (χ4v) is 2.60. The highest BCUT2D eigenvalue weighted by Crippen LogP contribution is 2.26. The van der Waals surface area contributed by atoms with Crippen LogP contribution in [0.4, 0.5) is 5.82 Å². The van der Waals surface area contributed by atoms with E-state index in [1.807, 2.05) is 37.3 Å². The van der Waals surface area contributed by atoms with Crippen molar-refractivity contribution >= 4 is 39.6 Å². The number of aromatic nitrogens is 3. The molecule has 0 radical (unpaired) electrons. The Morgan fingerprint density at radius 2 is 2.04 bits per heavy atom. The zero-order valence-corrected chi connectivity index (χ0v) is 13.3. The summed E-state index contributed by atoms with van der Waals surface area (Å²) in [4.78, 5) is 27.0. The second kappa shape index (κ2) is 6.66. The maximum Gasteiger partial charge on any atom is 0.225 e. The Bertz CT molecular complexity index is 917. The van der Waals surface area contributed by atoms with Crippen LogP contribution in [0.5, 0.6) is 0 Å². The number of nitrogens with one attached hydrogen (secondary N) is 1. The number of rotatable bonds is 6. The number of para-hydroxylation sites is 1. The highest BCUT2D eigenvalue weighted by molar-refractivity contribution is 6.02. The molecule has 0 aliphatic rings. The van der Waals surface area contributed by atoms with Gasteiger partial charge in [-0.3, -0.25) is 4.79 Å². The van der Waals surface area contributed by atoms with Crippen LogP contribution in [0.1, 0.15) is 26.2 Å². The first kappa shape index (κ1) is 15.9. The molecule has 0 saturated heterocycles. The van der Waals surface area contributed by atoms with Crippen LogP contribution in [0, 0.1) is 0 Å². The van der Waals surface area contributed by atoms with Gasteiger partial charge in [-0.1, -0.05) is 18.2 Å². The van der Waals surface area contributed by atoms with Gasteiger partial charge in [0.25, 0.3) is 0 Å². The zero-order chi connectivity index (χ0) is 17.1. The fourth-order valence-electron chi connectivity index (χ4n) is 2.60. The number of carbonyl (C=O) groups excluding carboxylic acids is 2. The first-order chi connectivity index (χ1) is 11.6. The summed E-state index contributed by atoms with van der Waals surface area (Å²) in [6, 6.07) is 9.69. The smallest absolute Gasteiger partial charge is 0.225 e. The third-order valence-electron chi connectivity index (χ3n) is 3.77. The Balaban J connectivity index is 1.91. The Morgan fingerprint density at radius 1 is 1.25 bits per heavy atom. The van der Waals surface area contributed by atoms with Crippen molar-refractivity contribution in [2.75, 3.05) is 5.32 Å². The molecule has 0 fully saturated rings. The van der Waals surface area contributed by atoms with Gasteiger partial charge in [-0.25, -0.2) is 9.67 Å². The lowest BCUT2D eigenvalue weighted by atomic mass is 10.2. The lowest BCUT2D eigenvalue weighted by Crippen LogP contribution is -2.22. The van der Waals surface area contributed by atoms with Gasteiger partial charge < -0.3 is 15.2 Å². The molecule has 7 nitrogen and oxygen atoms in total. The van der Waals surface area contributed by atoms with Gasteiger partial charge in [0.05, 0.1) is 10.9 Å². The number of carboxylic acid groups (broad SMARTS) is 1. The Morgan fingerprint density at radius 3 is 2.79 bits per heavy atom. The topological polar surface area (TPSA) is 99.9 Å². The number of aryl methyl sites for hydroxylation is 1. The van der Waals surface area contributed by atoms with E-state index in [2.05, 4.69) is 15.4 Å². The minimum atomic E-state index is -1.15. The van der Waals surface area contributed by atoms with Crippen molar-refractivity contribution in [3.63, 3.8) is 0 Å². The number of fused-ring (bicyclic) bond motifs is 2. The van der Waals surface area contributed by atoms with Crippen LogP contribution in [0.3, 0.4) is 0 Å². The van der Waals surface area contributed by atoms with Crippen LogP contribution in [0.25, 0.3) is 21.9 Å². The molecular formula is C17H17N4O3-. The SMILES string of the molecule is CCn1nc(NC(=O)CCCC(=O)[O-])c2cc3ccccc3nc21. The van der Waals surface area contributed by atoms with Crippen molar-refractivity contribution in [3.8, 4) is 0 Å². The fraction of sp³-hybridized carbons (Fsp3) is 0.294. The van der Waals surface area contributed by atoms with Crippen LogP contribution < -0.4 is 10.4 Å². The van der Waals surface area contributed by atoms with E-state index in [1.54, 1.807) is 4.68 Å². The molecule has 0 aliphatic heterocycles. The first-order valence-electron chi connectivity index (χ1n) is 7.84. The van der Waals surface area contributed by atoms with Crippen molar-refractivity contribution in [1.29, 1.82) is 0 Å². The summed E-state index contributed by atoms with van der Waals surface area (Å²) in [5.41, 5.74) is 1.58. The number of benzene rings is 1. The van der Waals surface area contributed by atoms with Gasteiger partial charge in [-0.2, -0.15) is 5.10 Å². The average molecular weight is 325 g/mol. The molecule has 0 atom stereocenters. The van der Waals surface area contributed by atoms with E-state index in [4.69, 9.17) is 0 Å². The monoisotopic (exact) mass is 325 g/mol. The summed E-state index contributed by atoms with van der Waals surface area (Å²) in [6.45, 7) is 2.58. The molecule has 0 bridgehead atoms. The summed E-state index contributed by atoms with van der Waals surface area (Å²) in [7, 11) is 0. The highest BCUT2D eigenvalue weighted by atomic mass is 16.4. The van der Waals surface area contributed by atoms with Gasteiger partial charge in [0.2, 0.25) is 5.91 Å². The molecule has 1 N–H and O–H groups in total. The Kier molecular flexibility index (Phi) is 4.41. The molecule has 3 rings (SSSR count). The van der Waals surface area contributed by atoms with Gasteiger partial charge >= 0.3 is 0 Å². The van der Waals surface area contributed by atoms with Gasteiger partial charge in [0, 0.05) is 24.3 Å². The summed E-state index contributed by atoms with van der Waals surface area (Å²) in [5.74, 6) is -0.977. The predicted octanol–water partition coefficient (Wildman–Crippen LogP) is 1.46. The Hall–Kier alpha value is -2.96. The maximum atomic E-state index is 12.0.